The van der Waals surface area contributed by atoms with Crippen LogP contribution < -0.4 is 5.32 Å². The Bertz CT molecular complexity index is 1020. The maximum absolute atomic E-state index is 14.4. The molecular weight excluding hydrogens is 429 g/mol. The van der Waals surface area contributed by atoms with Gasteiger partial charge in [0.1, 0.15) is 10.7 Å². The number of hydrogen-bond acceptors (Lipinski definition) is 2. The topological polar surface area (TPSA) is 29.1 Å². The van der Waals surface area contributed by atoms with Crippen molar-refractivity contribution in [2.45, 2.75) is 19.4 Å². The number of hydrogen-bond donors (Lipinski definition) is 1. The van der Waals surface area contributed by atoms with Crippen LogP contribution in [-0.4, -0.2) is 5.78 Å². The second-order valence-corrected chi connectivity index (χ2v) is 7.54. The van der Waals surface area contributed by atoms with Gasteiger partial charge in [-0.1, -0.05) is 53.6 Å². The van der Waals surface area contributed by atoms with E-state index in [1.807, 2.05) is 0 Å². The summed E-state index contributed by atoms with van der Waals surface area (Å²) in [5.41, 5.74) is 0.331. The highest BCUT2D eigenvalue weighted by Gasteiger charge is 2.34. The first-order valence-electron chi connectivity index (χ1n) is 8.56. The molecule has 2 aromatic rings. The third kappa shape index (κ3) is 3.91. The number of allylic oxidation sites excluding steroid dienone is 2. The zero-order valence-electron chi connectivity index (χ0n) is 15.1. The van der Waals surface area contributed by atoms with Gasteiger partial charge in [-0.05, 0) is 36.6 Å². The van der Waals surface area contributed by atoms with Gasteiger partial charge in [0.2, 0.25) is 0 Å². The van der Waals surface area contributed by atoms with E-state index in [9.17, 15) is 22.4 Å². The summed E-state index contributed by atoms with van der Waals surface area (Å²) in [4.78, 5) is 11.9. The van der Waals surface area contributed by atoms with Gasteiger partial charge in [-0.3, -0.25) is 4.79 Å². The lowest BCUT2D eigenvalue weighted by molar-refractivity contribution is -0.111. The number of ketones is 1. The molecule has 0 saturated carbocycles. The van der Waals surface area contributed by atoms with E-state index in [2.05, 4.69) is 11.9 Å². The predicted octanol–water partition coefficient (Wildman–Crippen LogP) is 6.79. The lowest BCUT2D eigenvalue weighted by atomic mass is 9.78. The molecule has 0 radical (unpaired) electrons. The minimum atomic E-state index is -1.71. The van der Waals surface area contributed by atoms with Crippen molar-refractivity contribution in [2.24, 2.45) is 5.92 Å². The van der Waals surface area contributed by atoms with Crippen molar-refractivity contribution < 1.29 is 22.4 Å². The molecule has 152 valence electrons. The number of rotatable bonds is 4. The van der Waals surface area contributed by atoms with Crippen LogP contribution in [0.15, 0.2) is 48.1 Å². The van der Waals surface area contributed by atoms with E-state index in [0.717, 1.165) is 0 Å². The highest BCUT2D eigenvalue weighted by molar-refractivity contribution is 6.31. The van der Waals surface area contributed by atoms with Crippen LogP contribution in [0, 0.1) is 29.2 Å². The monoisotopic (exact) mass is 443 g/mol. The molecule has 1 aliphatic rings. The zero-order chi connectivity index (χ0) is 21.5. The maximum atomic E-state index is 14.4. The first-order chi connectivity index (χ1) is 13.6. The van der Waals surface area contributed by atoms with Crippen LogP contribution >= 0.6 is 23.2 Å². The van der Waals surface area contributed by atoms with Gasteiger partial charge < -0.3 is 5.32 Å². The molecule has 3 rings (SSSR count). The Balaban J connectivity index is 2.16. The maximum Gasteiger partial charge on any atom is 0.186 e. The summed E-state index contributed by atoms with van der Waals surface area (Å²) in [6, 6.07) is 5.60. The summed E-state index contributed by atoms with van der Waals surface area (Å²) < 4.78 is 56.8. The summed E-state index contributed by atoms with van der Waals surface area (Å²) in [5, 5.41) is 1.55. The van der Waals surface area contributed by atoms with Gasteiger partial charge in [-0.15, -0.1) is 0 Å². The number of carbonyl (C=O) groups excluding carboxylic acids is 1. The van der Waals surface area contributed by atoms with Crippen molar-refractivity contribution in [2.75, 3.05) is 5.32 Å². The average Bonchev–Trinajstić information content (AvgIpc) is 2.69. The van der Waals surface area contributed by atoms with E-state index in [4.69, 9.17) is 23.2 Å². The van der Waals surface area contributed by atoms with E-state index < -0.39 is 45.9 Å². The van der Waals surface area contributed by atoms with Crippen molar-refractivity contribution in [1.29, 1.82) is 0 Å². The molecule has 0 unspecified atom stereocenters. The summed E-state index contributed by atoms with van der Waals surface area (Å²) >= 11 is 11.6. The fraction of sp³-hybridized carbons (Fsp3) is 0.190. The highest BCUT2D eigenvalue weighted by Crippen LogP contribution is 2.42. The predicted molar refractivity (Wildman–Crippen MR) is 105 cm³/mol. The molecule has 0 fully saturated rings. The molecular formula is C21H15Cl2F4NO. The van der Waals surface area contributed by atoms with Crippen LogP contribution in [0.2, 0.25) is 10.0 Å². The van der Waals surface area contributed by atoms with Crippen molar-refractivity contribution >= 4 is 34.7 Å². The van der Waals surface area contributed by atoms with Gasteiger partial charge in [0.15, 0.2) is 29.1 Å². The molecule has 29 heavy (non-hydrogen) atoms. The zero-order valence-corrected chi connectivity index (χ0v) is 16.6. The number of halogens is 6. The number of carbonyl (C=O) groups is 1. The summed E-state index contributed by atoms with van der Waals surface area (Å²) in [5.74, 6) is -7.47. The van der Waals surface area contributed by atoms with Crippen LogP contribution in [0.4, 0.5) is 23.2 Å². The first kappa shape index (κ1) is 21.4. The van der Waals surface area contributed by atoms with Gasteiger partial charge >= 0.3 is 0 Å². The quantitative estimate of drug-likeness (QED) is 0.243. The Morgan fingerprint density at radius 2 is 1.66 bits per heavy atom. The molecule has 0 aromatic heterocycles. The molecule has 2 atom stereocenters. The minimum absolute atomic E-state index is 0.172. The molecule has 0 aliphatic heterocycles. The standard InChI is InChI=1S/C21H15Cl2F4NO/c1-9-8-14(29)10(2)7-12(9)20(11-5-3-4-6-13(11)22)28-21-18(26)16(24)15(23)17(25)19(21)27/h3-6,8,12,20,28H,2,7H2,1H3/t12-,20+/m0/s1. The van der Waals surface area contributed by atoms with Crippen LogP contribution in [0.25, 0.3) is 0 Å². The van der Waals surface area contributed by atoms with E-state index in [1.165, 1.54) is 6.08 Å². The van der Waals surface area contributed by atoms with Crippen LogP contribution in [0.5, 0.6) is 0 Å². The number of nitrogens with one attached hydrogen (secondary N) is 1. The van der Waals surface area contributed by atoms with Crippen molar-refractivity contribution in [1.82, 2.24) is 0 Å². The Kier molecular flexibility index (Phi) is 6.05. The van der Waals surface area contributed by atoms with Crippen LogP contribution in [0.3, 0.4) is 0 Å². The first-order valence-corrected chi connectivity index (χ1v) is 9.31. The average molecular weight is 444 g/mol. The molecule has 2 nitrogen and oxygen atoms in total. The molecule has 0 heterocycles. The molecule has 1 aliphatic carbocycles. The van der Waals surface area contributed by atoms with E-state index in [1.54, 1.807) is 31.2 Å². The summed E-state index contributed by atoms with van der Waals surface area (Å²) in [6.45, 7) is 5.40. The van der Waals surface area contributed by atoms with Crippen molar-refractivity contribution in [3.63, 3.8) is 0 Å². The molecule has 0 spiro atoms. The Labute approximate surface area is 174 Å². The van der Waals surface area contributed by atoms with Gasteiger partial charge in [0.05, 0.1) is 6.04 Å². The van der Waals surface area contributed by atoms with Gasteiger partial charge in [-0.25, -0.2) is 17.6 Å². The van der Waals surface area contributed by atoms with Gasteiger partial charge in [0.25, 0.3) is 0 Å². The van der Waals surface area contributed by atoms with E-state index in [0.29, 0.717) is 16.7 Å². The Morgan fingerprint density at radius 3 is 2.24 bits per heavy atom. The summed E-state index contributed by atoms with van der Waals surface area (Å²) in [7, 11) is 0. The molecule has 0 saturated heterocycles. The lowest BCUT2D eigenvalue weighted by Crippen LogP contribution is -2.28. The Hall–Kier alpha value is -2.31. The Morgan fingerprint density at radius 1 is 1.07 bits per heavy atom. The SMILES string of the molecule is C=C1C[C@H]([C@H](Nc2c(F)c(F)c(Cl)c(F)c2F)c2ccccc2Cl)C(C)=CC1=O. The fourth-order valence-corrected chi connectivity index (χ4v) is 3.75. The fourth-order valence-electron chi connectivity index (χ4n) is 3.33. The smallest absolute Gasteiger partial charge is 0.186 e. The molecule has 2 aromatic carbocycles. The third-order valence-electron chi connectivity index (χ3n) is 4.91. The summed E-state index contributed by atoms with van der Waals surface area (Å²) in [6.07, 6.45) is 1.55. The number of benzene rings is 2. The molecule has 0 amide bonds. The third-order valence-corrected chi connectivity index (χ3v) is 5.59. The molecule has 1 N–H and O–H groups in total. The highest BCUT2D eigenvalue weighted by atomic mass is 35.5. The van der Waals surface area contributed by atoms with Crippen LogP contribution in [0.1, 0.15) is 24.9 Å². The van der Waals surface area contributed by atoms with E-state index in [-0.39, 0.29) is 17.2 Å². The van der Waals surface area contributed by atoms with Crippen molar-refractivity contribution in [3.8, 4) is 0 Å². The second kappa shape index (κ2) is 8.20. The van der Waals surface area contributed by atoms with E-state index >= 15 is 0 Å². The molecule has 8 heteroatoms. The number of anilines is 1. The largest absolute Gasteiger partial charge is 0.373 e. The van der Waals surface area contributed by atoms with Crippen LogP contribution in [-0.2, 0) is 4.79 Å². The van der Waals surface area contributed by atoms with Crippen molar-refractivity contribution in [3.05, 3.63) is 86.9 Å². The molecule has 0 bridgehead atoms. The second-order valence-electron chi connectivity index (χ2n) is 6.76. The lowest BCUT2D eigenvalue weighted by Gasteiger charge is -2.33. The minimum Gasteiger partial charge on any atom is -0.373 e. The van der Waals surface area contributed by atoms with Gasteiger partial charge in [-0.2, -0.15) is 0 Å². The normalized spacial score (nSPS) is 17.9. The van der Waals surface area contributed by atoms with Gasteiger partial charge in [0, 0.05) is 10.9 Å².